The van der Waals surface area contributed by atoms with Gasteiger partial charge in [-0.05, 0) is 24.3 Å². The highest BCUT2D eigenvalue weighted by Gasteiger charge is 2.20. The summed E-state index contributed by atoms with van der Waals surface area (Å²) in [6.45, 7) is 3.64. The molecule has 1 aliphatic rings. The second-order valence-corrected chi connectivity index (χ2v) is 7.58. The molecule has 146 valence electrons. The van der Waals surface area contributed by atoms with E-state index in [0.29, 0.717) is 22.0 Å². The first-order valence-electron chi connectivity index (χ1n) is 9.40. The summed E-state index contributed by atoms with van der Waals surface area (Å²) in [5.41, 5.74) is 2.87. The molecule has 0 saturated carbocycles. The number of H-pyrrole nitrogens is 1. The first-order valence-corrected chi connectivity index (χ1v) is 10.3. The van der Waals surface area contributed by atoms with Gasteiger partial charge >= 0.3 is 0 Å². The maximum atomic E-state index is 12.8. The number of imidazole rings is 1. The van der Waals surface area contributed by atoms with Gasteiger partial charge in [-0.3, -0.25) is 10.1 Å². The van der Waals surface area contributed by atoms with E-state index in [1.54, 1.807) is 18.5 Å². The second kappa shape index (κ2) is 7.61. The number of thiazole rings is 1. The van der Waals surface area contributed by atoms with E-state index in [0.717, 1.165) is 43.1 Å². The number of para-hydroxylation sites is 1. The van der Waals surface area contributed by atoms with E-state index >= 15 is 0 Å². The Balaban J connectivity index is 1.54. The van der Waals surface area contributed by atoms with E-state index in [-0.39, 0.29) is 5.91 Å². The lowest BCUT2D eigenvalue weighted by atomic mass is 10.2. The quantitative estimate of drug-likeness (QED) is 0.483. The third-order valence-electron chi connectivity index (χ3n) is 4.87. The summed E-state index contributed by atoms with van der Waals surface area (Å²) < 4.78 is 0. The van der Waals surface area contributed by atoms with Gasteiger partial charge in [-0.2, -0.15) is 0 Å². The molecule has 29 heavy (non-hydrogen) atoms. The number of aromatic nitrogens is 4. The Bertz CT molecular complexity index is 1150. The van der Waals surface area contributed by atoms with Gasteiger partial charge in [0.15, 0.2) is 5.13 Å². The normalized spacial score (nSPS) is 14.3. The van der Waals surface area contributed by atoms with Gasteiger partial charge in [0.25, 0.3) is 5.91 Å². The van der Waals surface area contributed by atoms with Crippen molar-refractivity contribution in [3.05, 3.63) is 53.7 Å². The smallest absolute Gasteiger partial charge is 0.259 e. The summed E-state index contributed by atoms with van der Waals surface area (Å²) in [6.07, 6.45) is 3.46. The fourth-order valence-electron chi connectivity index (χ4n) is 3.50. The van der Waals surface area contributed by atoms with Crippen molar-refractivity contribution in [2.24, 2.45) is 0 Å². The maximum absolute atomic E-state index is 12.8. The Morgan fingerprint density at radius 1 is 1.10 bits per heavy atom. The molecule has 1 aromatic carbocycles. The number of nitrogens with zero attached hydrogens (tertiary/aromatic N) is 4. The van der Waals surface area contributed by atoms with Gasteiger partial charge in [-0.15, -0.1) is 11.3 Å². The number of anilines is 2. The molecule has 0 atom stereocenters. The first kappa shape index (κ1) is 17.8. The largest absolute Gasteiger partial charge is 0.353 e. The molecule has 8 nitrogen and oxygen atoms in total. The lowest BCUT2D eigenvalue weighted by Gasteiger charge is -2.29. The summed E-state index contributed by atoms with van der Waals surface area (Å²) in [5, 5.41) is 8.58. The molecule has 1 saturated heterocycles. The van der Waals surface area contributed by atoms with Gasteiger partial charge in [0, 0.05) is 44.0 Å². The molecule has 3 aromatic heterocycles. The van der Waals surface area contributed by atoms with E-state index in [9.17, 15) is 4.79 Å². The number of hydrogen-bond donors (Lipinski definition) is 3. The van der Waals surface area contributed by atoms with Crippen LogP contribution in [0, 0.1) is 0 Å². The molecule has 9 heteroatoms. The second-order valence-electron chi connectivity index (χ2n) is 6.69. The van der Waals surface area contributed by atoms with Crippen molar-refractivity contribution in [1.29, 1.82) is 0 Å². The van der Waals surface area contributed by atoms with Crippen LogP contribution in [0.4, 0.5) is 10.9 Å². The Hall–Kier alpha value is -3.30. The van der Waals surface area contributed by atoms with Gasteiger partial charge in [-0.1, -0.05) is 6.07 Å². The number of amides is 1. The fourth-order valence-corrected chi connectivity index (χ4v) is 4.03. The van der Waals surface area contributed by atoms with Gasteiger partial charge in [0.2, 0.25) is 0 Å². The molecular weight excluding hydrogens is 386 g/mol. The van der Waals surface area contributed by atoms with Gasteiger partial charge < -0.3 is 15.2 Å². The molecule has 3 N–H and O–H groups in total. The minimum atomic E-state index is -0.225. The number of carbonyl (C=O) groups excluding carboxylic acids is 1. The lowest BCUT2D eigenvalue weighted by Crippen LogP contribution is -2.44. The van der Waals surface area contributed by atoms with E-state index in [4.69, 9.17) is 4.98 Å². The van der Waals surface area contributed by atoms with Crippen LogP contribution in [0.2, 0.25) is 0 Å². The number of benzene rings is 1. The highest BCUT2D eigenvalue weighted by Crippen LogP contribution is 2.30. The van der Waals surface area contributed by atoms with Crippen LogP contribution in [0.15, 0.2) is 48.1 Å². The predicted molar refractivity (Wildman–Crippen MR) is 114 cm³/mol. The Morgan fingerprint density at radius 2 is 2.00 bits per heavy atom. The van der Waals surface area contributed by atoms with Crippen molar-refractivity contribution in [2.75, 3.05) is 36.4 Å². The number of rotatable bonds is 4. The number of piperazine rings is 1. The number of carbonyl (C=O) groups is 1. The minimum Gasteiger partial charge on any atom is -0.353 e. The maximum Gasteiger partial charge on any atom is 0.259 e. The molecule has 1 amide bonds. The van der Waals surface area contributed by atoms with E-state index in [1.165, 1.54) is 11.3 Å². The van der Waals surface area contributed by atoms with Crippen LogP contribution >= 0.6 is 11.3 Å². The van der Waals surface area contributed by atoms with Crippen molar-refractivity contribution < 1.29 is 4.79 Å². The summed E-state index contributed by atoms with van der Waals surface area (Å²) in [5.74, 6) is 1.38. The van der Waals surface area contributed by atoms with E-state index in [2.05, 4.69) is 30.5 Å². The molecule has 4 aromatic rings. The molecule has 4 heterocycles. The monoisotopic (exact) mass is 405 g/mol. The molecule has 5 rings (SSSR count). The van der Waals surface area contributed by atoms with Crippen LogP contribution in [-0.2, 0) is 0 Å². The number of hydrogen-bond acceptors (Lipinski definition) is 7. The highest BCUT2D eigenvalue weighted by atomic mass is 32.1. The van der Waals surface area contributed by atoms with Crippen LogP contribution in [0.25, 0.3) is 22.4 Å². The molecule has 0 spiro atoms. The summed E-state index contributed by atoms with van der Waals surface area (Å²) in [7, 11) is 0. The number of aromatic amines is 1. The highest BCUT2D eigenvalue weighted by molar-refractivity contribution is 7.13. The Kier molecular flexibility index (Phi) is 4.66. The summed E-state index contributed by atoms with van der Waals surface area (Å²) in [6, 6.07) is 9.46. The fraction of sp³-hybridized carbons (Fsp3) is 0.200. The average molecular weight is 405 g/mol. The predicted octanol–water partition coefficient (Wildman–Crippen LogP) is 2.74. The van der Waals surface area contributed by atoms with Crippen molar-refractivity contribution in [1.82, 2.24) is 25.3 Å². The molecular formula is C20H19N7OS. The zero-order chi connectivity index (χ0) is 19.6. The number of pyridine rings is 1. The van der Waals surface area contributed by atoms with Crippen LogP contribution in [0.1, 0.15) is 10.4 Å². The number of fused-ring (bicyclic) bond motifs is 1. The Labute approximate surface area is 171 Å². The van der Waals surface area contributed by atoms with Gasteiger partial charge in [0.05, 0.1) is 16.6 Å². The SMILES string of the molecule is O=C(Nc1nccs1)c1cccc2[nH]c(-c3cccnc3N3CCNCC3)nc12. The minimum absolute atomic E-state index is 0.225. The van der Waals surface area contributed by atoms with E-state index < -0.39 is 0 Å². The van der Waals surface area contributed by atoms with Gasteiger partial charge in [-0.25, -0.2) is 15.0 Å². The molecule has 0 aliphatic carbocycles. The molecule has 0 unspecified atom stereocenters. The van der Waals surface area contributed by atoms with Crippen molar-refractivity contribution in [2.45, 2.75) is 0 Å². The molecule has 0 bridgehead atoms. The standard InChI is InChI=1S/C20H19N7OS/c28-19(26-20-23-9-12-29-20)13-3-1-5-15-16(13)25-17(24-15)14-4-2-6-22-18(14)27-10-7-21-8-11-27/h1-6,9,12,21H,7-8,10-11H2,(H,24,25)(H,23,26,28). The van der Waals surface area contributed by atoms with Crippen LogP contribution in [0.3, 0.4) is 0 Å². The lowest BCUT2D eigenvalue weighted by molar-refractivity contribution is 0.102. The van der Waals surface area contributed by atoms with Crippen LogP contribution in [0.5, 0.6) is 0 Å². The first-order chi connectivity index (χ1) is 14.3. The molecule has 0 radical (unpaired) electrons. The van der Waals surface area contributed by atoms with Crippen LogP contribution in [-0.4, -0.2) is 52.0 Å². The van der Waals surface area contributed by atoms with Crippen molar-refractivity contribution in [3.63, 3.8) is 0 Å². The van der Waals surface area contributed by atoms with E-state index in [1.807, 2.05) is 29.6 Å². The average Bonchev–Trinajstić information content (AvgIpc) is 3.43. The Morgan fingerprint density at radius 3 is 2.83 bits per heavy atom. The number of nitrogens with one attached hydrogen (secondary N) is 3. The summed E-state index contributed by atoms with van der Waals surface area (Å²) in [4.78, 5) is 31.9. The summed E-state index contributed by atoms with van der Waals surface area (Å²) >= 11 is 1.38. The van der Waals surface area contributed by atoms with Crippen LogP contribution < -0.4 is 15.5 Å². The zero-order valence-electron chi connectivity index (χ0n) is 15.6. The van der Waals surface area contributed by atoms with Crippen molar-refractivity contribution in [3.8, 4) is 11.4 Å². The zero-order valence-corrected chi connectivity index (χ0v) is 16.4. The molecule has 1 fully saturated rings. The topological polar surface area (TPSA) is 98.8 Å². The molecule has 1 aliphatic heterocycles. The third-order valence-corrected chi connectivity index (χ3v) is 5.56. The third kappa shape index (κ3) is 3.45. The van der Waals surface area contributed by atoms with Gasteiger partial charge in [0.1, 0.15) is 17.2 Å². The van der Waals surface area contributed by atoms with Crippen molar-refractivity contribution >= 4 is 39.2 Å².